The highest BCUT2D eigenvalue weighted by Gasteiger charge is 2.33. The highest BCUT2D eigenvalue weighted by Crippen LogP contribution is 2.43. The molecule has 0 bridgehead atoms. The van der Waals surface area contributed by atoms with Crippen LogP contribution in [0.25, 0.3) is 0 Å². The molecule has 2 heteroatoms. The number of hydrogen-bond acceptors (Lipinski definition) is 1. The number of hydrogen-bond donors (Lipinski definition) is 0. The average Bonchev–Trinajstić information content (AvgIpc) is 3.01. The minimum atomic E-state index is 0.496. The standard InChI is InChI=1S/C21H36N2/c1-4-5-6-7-8-9-10-11-19-12-13-21(2,3)16-20(19)17-23-15-14-22-18-23/h10-11,14-15,18-20H,4-9,12-13,16-17H2,1-3H3/b11-10+. The van der Waals surface area contributed by atoms with Crippen LogP contribution in [0.3, 0.4) is 0 Å². The van der Waals surface area contributed by atoms with Gasteiger partial charge in [0.05, 0.1) is 6.33 Å². The second-order valence-electron chi connectivity index (χ2n) is 8.22. The van der Waals surface area contributed by atoms with Crippen LogP contribution < -0.4 is 0 Å². The Labute approximate surface area is 143 Å². The molecular weight excluding hydrogens is 280 g/mol. The molecule has 0 aliphatic heterocycles. The summed E-state index contributed by atoms with van der Waals surface area (Å²) in [6.07, 6.45) is 23.2. The third kappa shape index (κ3) is 6.53. The van der Waals surface area contributed by atoms with E-state index >= 15 is 0 Å². The Bertz CT molecular complexity index is 444. The maximum absolute atomic E-state index is 4.20. The topological polar surface area (TPSA) is 17.8 Å². The summed E-state index contributed by atoms with van der Waals surface area (Å²) in [6, 6.07) is 0. The monoisotopic (exact) mass is 316 g/mol. The van der Waals surface area contributed by atoms with Gasteiger partial charge in [0.1, 0.15) is 0 Å². The van der Waals surface area contributed by atoms with Crippen molar-refractivity contribution in [3.63, 3.8) is 0 Å². The van der Waals surface area contributed by atoms with Gasteiger partial charge in [0.15, 0.2) is 0 Å². The van der Waals surface area contributed by atoms with Crippen LogP contribution >= 0.6 is 0 Å². The SMILES string of the molecule is CCCCCCC/C=C/C1CCC(C)(C)CC1Cn1ccnc1. The zero-order valence-electron chi connectivity index (χ0n) is 15.5. The molecule has 2 unspecified atom stereocenters. The minimum Gasteiger partial charge on any atom is -0.337 e. The molecule has 2 atom stereocenters. The van der Waals surface area contributed by atoms with Crippen molar-refractivity contribution in [1.29, 1.82) is 0 Å². The lowest BCUT2D eigenvalue weighted by molar-refractivity contribution is 0.128. The summed E-state index contributed by atoms with van der Waals surface area (Å²) in [6.45, 7) is 8.27. The maximum atomic E-state index is 4.20. The summed E-state index contributed by atoms with van der Waals surface area (Å²) in [5, 5.41) is 0. The summed E-state index contributed by atoms with van der Waals surface area (Å²) in [5.41, 5.74) is 0.496. The number of rotatable bonds is 9. The van der Waals surface area contributed by atoms with Crippen LogP contribution in [0.5, 0.6) is 0 Å². The van der Waals surface area contributed by atoms with E-state index in [0.717, 1.165) is 18.4 Å². The predicted octanol–water partition coefficient (Wildman–Crippen LogP) is 6.24. The molecule has 0 saturated heterocycles. The second kappa shape index (κ2) is 9.30. The van der Waals surface area contributed by atoms with Crippen molar-refractivity contribution in [3.8, 4) is 0 Å². The largest absolute Gasteiger partial charge is 0.337 e. The molecule has 1 saturated carbocycles. The van der Waals surface area contributed by atoms with Crippen molar-refractivity contribution in [2.24, 2.45) is 17.3 Å². The third-order valence-electron chi connectivity index (χ3n) is 5.44. The fraction of sp³-hybridized carbons (Fsp3) is 0.762. The first kappa shape index (κ1) is 18.3. The van der Waals surface area contributed by atoms with Crippen LogP contribution in [0.2, 0.25) is 0 Å². The van der Waals surface area contributed by atoms with E-state index in [0.29, 0.717) is 5.41 Å². The molecule has 0 amide bonds. The van der Waals surface area contributed by atoms with E-state index in [1.165, 1.54) is 57.8 Å². The van der Waals surface area contributed by atoms with Gasteiger partial charge < -0.3 is 4.57 Å². The van der Waals surface area contributed by atoms with Gasteiger partial charge >= 0.3 is 0 Å². The van der Waals surface area contributed by atoms with Crippen LogP contribution in [0.4, 0.5) is 0 Å². The number of nitrogens with zero attached hydrogens (tertiary/aromatic N) is 2. The lowest BCUT2D eigenvalue weighted by Crippen LogP contribution is -2.31. The zero-order chi connectivity index (χ0) is 16.5. The lowest BCUT2D eigenvalue weighted by atomic mass is 9.67. The summed E-state index contributed by atoms with van der Waals surface area (Å²) in [7, 11) is 0. The molecule has 0 spiro atoms. The van der Waals surface area contributed by atoms with Gasteiger partial charge in [-0.15, -0.1) is 0 Å². The molecule has 1 aromatic rings. The van der Waals surface area contributed by atoms with Crippen molar-refractivity contribution < 1.29 is 0 Å². The van der Waals surface area contributed by atoms with Crippen LogP contribution in [-0.4, -0.2) is 9.55 Å². The molecule has 0 radical (unpaired) electrons. The van der Waals surface area contributed by atoms with Crippen LogP contribution in [0.1, 0.15) is 78.6 Å². The normalized spacial score (nSPS) is 24.3. The van der Waals surface area contributed by atoms with Crippen molar-refractivity contribution >= 4 is 0 Å². The van der Waals surface area contributed by atoms with Crippen molar-refractivity contribution in [3.05, 3.63) is 30.9 Å². The van der Waals surface area contributed by atoms with Gasteiger partial charge in [-0.05, 0) is 49.4 Å². The molecule has 2 nitrogen and oxygen atoms in total. The first-order valence-electron chi connectivity index (χ1n) is 9.73. The van der Waals surface area contributed by atoms with E-state index in [1.807, 2.05) is 12.5 Å². The van der Waals surface area contributed by atoms with Gasteiger partial charge in [-0.1, -0.05) is 58.6 Å². The van der Waals surface area contributed by atoms with E-state index in [4.69, 9.17) is 0 Å². The Morgan fingerprint density at radius 3 is 2.78 bits per heavy atom. The zero-order valence-corrected chi connectivity index (χ0v) is 15.5. The van der Waals surface area contributed by atoms with Crippen LogP contribution in [-0.2, 0) is 6.54 Å². The second-order valence-corrected chi connectivity index (χ2v) is 8.22. The minimum absolute atomic E-state index is 0.496. The van der Waals surface area contributed by atoms with Crippen molar-refractivity contribution in [1.82, 2.24) is 9.55 Å². The van der Waals surface area contributed by atoms with E-state index in [-0.39, 0.29) is 0 Å². The first-order chi connectivity index (χ1) is 11.1. The molecule has 1 aromatic heterocycles. The molecule has 1 heterocycles. The molecule has 23 heavy (non-hydrogen) atoms. The maximum Gasteiger partial charge on any atom is 0.0946 e. The number of unbranched alkanes of at least 4 members (excludes halogenated alkanes) is 5. The smallest absolute Gasteiger partial charge is 0.0946 e. The third-order valence-corrected chi connectivity index (χ3v) is 5.44. The molecule has 0 N–H and O–H groups in total. The van der Waals surface area contributed by atoms with Crippen molar-refractivity contribution in [2.75, 3.05) is 0 Å². The summed E-state index contributed by atoms with van der Waals surface area (Å²) in [4.78, 5) is 4.20. The van der Waals surface area contributed by atoms with E-state index in [9.17, 15) is 0 Å². The molecular formula is C21H36N2. The fourth-order valence-electron chi connectivity index (χ4n) is 4.01. The van der Waals surface area contributed by atoms with Crippen LogP contribution in [0, 0.1) is 17.3 Å². The molecule has 1 fully saturated rings. The number of allylic oxidation sites excluding steroid dienone is 2. The van der Waals surface area contributed by atoms with E-state index < -0.39 is 0 Å². The van der Waals surface area contributed by atoms with Gasteiger partial charge in [-0.2, -0.15) is 0 Å². The van der Waals surface area contributed by atoms with Gasteiger partial charge in [0.25, 0.3) is 0 Å². The quantitative estimate of drug-likeness (QED) is 0.389. The van der Waals surface area contributed by atoms with Gasteiger partial charge in [-0.3, -0.25) is 0 Å². The lowest BCUT2D eigenvalue weighted by Gasteiger charge is -2.40. The van der Waals surface area contributed by atoms with E-state index in [2.05, 4.69) is 48.7 Å². The highest BCUT2D eigenvalue weighted by molar-refractivity contribution is 4.97. The molecule has 2 rings (SSSR count). The Morgan fingerprint density at radius 2 is 2.04 bits per heavy atom. The molecule has 1 aliphatic rings. The summed E-state index contributed by atoms with van der Waals surface area (Å²) in [5.74, 6) is 1.50. The average molecular weight is 317 g/mol. The molecule has 1 aliphatic carbocycles. The highest BCUT2D eigenvalue weighted by atomic mass is 15.0. The van der Waals surface area contributed by atoms with Gasteiger partial charge in [0, 0.05) is 18.9 Å². The molecule has 0 aromatic carbocycles. The van der Waals surface area contributed by atoms with Crippen LogP contribution in [0.15, 0.2) is 30.9 Å². The first-order valence-corrected chi connectivity index (χ1v) is 9.73. The van der Waals surface area contributed by atoms with Gasteiger partial charge in [0.2, 0.25) is 0 Å². The Kier molecular flexibility index (Phi) is 7.39. The Morgan fingerprint density at radius 1 is 1.22 bits per heavy atom. The number of aromatic nitrogens is 2. The van der Waals surface area contributed by atoms with Crippen molar-refractivity contribution in [2.45, 2.75) is 85.1 Å². The Hall–Kier alpha value is -1.05. The summed E-state index contributed by atoms with van der Waals surface area (Å²) < 4.78 is 2.26. The molecule has 130 valence electrons. The van der Waals surface area contributed by atoms with E-state index in [1.54, 1.807) is 0 Å². The number of imidazole rings is 1. The summed E-state index contributed by atoms with van der Waals surface area (Å²) >= 11 is 0. The van der Waals surface area contributed by atoms with Gasteiger partial charge in [-0.25, -0.2) is 4.98 Å². The Balaban J connectivity index is 1.82. The fourth-order valence-corrected chi connectivity index (χ4v) is 4.01. The predicted molar refractivity (Wildman–Crippen MR) is 99.4 cm³/mol.